The van der Waals surface area contributed by atoms with E-state index in [1.807, 2.05) is 0 Å². The molecule has 1 aromatic rings. The van der Waals surface area contributed by atoms with Gasteiger partial charge in [-0.25, -0.2) is 13.6 Å². The van der Waals surface area contributed by atoms with Crippen LogP contribution in [0.25, 0.3) is 0 Å². The van der Waals surface area contributed by atoms with Crippen LogP contribution in [-0.4, -0.2) is 35.8 Å². The van der Waals surface area contributed by atoms with Gasteiger partial charge in [-0.15, -0.1) is 0 Å². The van der Waals surface area contributed by atoms with E-state index in [1.54, 1.807) is 20.8 Å². The molecule has 1 saturated heterocycles. The van der Waals surface area contributed by atoms with Gasteiger partial charge in [-0.2, -0.15) is 0 Å². The molecule has 0 N–H and O–H groups in total. The first-order valence-corrected chi connectivity index (χ1v) is 6.85. The maximum atomic E-state index is 13.5. The van der Waals surface area contributed by atoms with Crippen LogP contribution in [0.2, 0.25) is 0 Å². The van der Waals surface area contributed by atoms with Crippen molar-refractivity contribution >= 4 is 6.09 Å². The fourth-order valence-corrected chi connectivity index (χ4v) is 2.08. The van der Waals surface area contributed by atoms with Crippen LogP contribution < -0.4 is 4.74 Å². The molecule has 116 valence electrons. The number of hydrogen-bond acceptors (Lipinski definition) is 3. The standard InChI is InChI=1S/C15H19F2NO3/c1-15(2,3)21-14(19)18-8-7-10(9-18)20-13-11(16)5-4-6-12(13)17/h4-6,10H,7-9H2,1-3H3/t10-/m0/s1. The predicted molar refractivity (Wildman–Crippen MR) is 73.2 cm³/mol. The smallest absolute Gasteiger partial charge is 0.410 e. The second-order valence-corrected chi connectivity index (χ2v) is 6.01. The summed E-state index contributed by atoms with van der Waals surface area (Å²) in [6.07, 6.45) is -0.376. The number of ether oxygens (including phenoxy) is 2. The molecular formula is C15H19F2NO3. The number of benzene rings is 1. The number of rotatable bonds is 2. The minimum absolute atomic E-state index is 0.253. The van der Waals surface area contributed by atoms with E-state index in [0.29, 0.717) is 13.0 Å². The number of nitrogens with zero attached hydrogens (tertiary/aromatic N) is 1. The molecule has 1 amide bonds. The Labute approximate surface area is 122 Å². The van der Waals surface area contributed by atoms with E-state index in [1.165, 1.54) is 11.0 Å². The van der Waals surface area contributed by atoms with Crippen molar-refractivity contribution in [2.24, 2.45) is 0 Å². The van der Waals surface area contributed by atoms with Gasteiger partial charge in [-0.05, 0) is 32.9 Å². The SMILES string of the molecule is CC(C)(C)OC(=O)N1CC[C@H](Oc2c(F)cccc2F)C1. The molecule has 1 fully saturated rings. The van der Waals surface area contributed by atoms with Crippen LogP contribution in [0.4, 0.5) is 13.6 Å². The van der Waals surface area contributed by atoms with Crippen LogP contribution in [0, 0.1) is 11.6 Å². The second-order valence-electron chi connectivity index (χ2n) is 6.01. The van der Waals surface area contributed by atoms with Crippen LogP contribution in [0.3, 0.4) is 0 Å². The summed E-state index contributed by atoms with van der Waals surface area (Å²) in [4.78, 5) is 13.4. The van der Waals surface area contributed by atoms with E-state index >= 15 is 0 Å². The highest BCUT2D eigenvalue weighted by atomic mass is 19.1. The number of hydrogen-bond donors (Lipinski definition) is 0. The highest BCUT2D eigenvalue weighted by Gasteiger charge is 2.31. The third kappa shape index (κ3) is 4.06. The Balaban J connectivity index is 1.95. The summed E-state index contributed by atoms with van der Waals surface area (Å²) >= 11 is 0. The molecule has 1 atom stereocenters. The van der Waals surface area contributed by atoms with Gasteiger partial charge in [-0.1, -0.05) is 6.07 Å². The molecule has 0 saturated carbocycles. The number of carbonyl (C=O) groups excluding carboxylic acids is 1. The zero-order valence-electron chi connectivity index (χ0n) is 12.4. The van der Waals surface area contributed by atoms with Crippen molar-refractivity contribution in [1.82, 2.24) is 4.90 Å². The maximum Gasteiger partial charge on any atom is 0.410 e. The molecule has 21 heavy (non-hydrogen) atoms. The highest BCUT2D eigenvalue weighted by Crippen LogP contribution is 2.25. The number of para-hydroxylation sites is 1. The normalized spacial score (nSPS) is 18.7. The van der Waals surface area contributed by atoms with E-state index in [2.05, 4.69) is 0 Å². The summed E-state index contributed by atoms with van der Waals surface area (Å²) in [6, 6.07) is 3.55. The number of carbonyl (C=O) groups is 1. The molecule has 1 aromatic carbocycles. The van der Waals surface area contributed by atoms with Crippen LogP contribution in [0.5, 0.6) is 5.75 Å². The first-order valence-electron chi connectivity index (χ1n) is 6.85. The van der Waals surface area contributed by atoms with Crippen molar-refractivity contribution in [3.8, 4) is 5.75 Å². The second kappa shape index (κ2) is 5.87. The monoisotopic (exact) mass is 299 g/mol. The molecule has 0 radical (unpaired) electrons. The summed E-state index contributed by atoms with van der Waals surface area (Å²) < 4.78 is 37.6. The van der Waals surface area contributed by atoms with Gasteiger partial charge >= 0.3 is 6.09 Å². The predicted octanol–water partition coefficient (Wildman–Crippen LogP) is 3.35. The molecule has 1 heterocycles. The first-order chi connectivity index (χ1) is 9.76. The quantitative estimate of drug-likeness (QED) is 0.840. The number of likely N-dealkylation sites (tertiary alicyclic amines) is 1. The van der Waals surface area contributed by atoms with Crippen LogP contribution >= 0.6 is 0 Å². The molecule has 0 spiro atoms. The Bertz CT molecular complexity index is 508. The highest BCUT2D eigenvalue weighted by molar-refractivity contribution is 5.68. The molecular weight excluding hydrogens is 280 g/mol. The van der Waals surface area contributed by atoms with E-state index < -0.39 is 35.2 Å². The Hall–Kier alpha value is -1.85. The summed E-state index contributed by atoms with van der Waals surface area (Å²) in [5.74, 6) is -1.88. The molecule has 0 aromatic heterocycles. The van der Waals surface area contributed by atoms with Gasteiger partial charge in [-0.3, -0.25) is 0 Å². The zero-order valence-corrected chi connectivity index (χ0v) is 12.4. The Kier molecular flexibility index (Phi) is 4.34. The average molecular weight is 299 g/mol. The van der Waals surface area contributed by atoms with E-state index in [-0.39, 0.29) is 6.54 Å². The number of amides is 1. The van der Waals surface area contributed by atoms with Crippen molar-refractivity contribution in [3.63, 3.8) is 0 Å². The van der Waals surface area contributed by atoms with E-state index in [0.717, 1.165) is 12.1 Å². The van der Waals surface area contributed by atoms with Gasteiger partial charge < -0.3 is 14.4 Å². The van der Waals surface area contributed by atoms with Gasteiger partial charge in [0.05, 0.1) is 6.54 Å². The molecule has 0 bridgehead atoms. The third-order valence-corrected chi connectivity index (χ3v) is 3.00. The lowest BCUT2D eigenvalue weighted by Crippen LogP contribution is -2.36. The minimum atomic E-state index is -0.745. The van der Waals surface area contributed by atoms with Crippen molar-refractivity contribution in [1.29, 1.82) is 0 Å². The Morgan fingerprint density at radius 1 is 1.29 bits per heavy atom. The fourth-order valence-electron chi connectivity index (χ4n) is 2.08. The van der Waals surface area contributed by atoms with Gasteiger partial charge in [0.2, 0.25) is 0 Å². The average Bonchev–Trinajstić information content (AvgIpc) is 2.80. The van der Waals surface area contributed by atoms with Crippen molar-refractivity contribution in [2.75, 3.05) is 13.1 Å². The van der Waals surface area contributed by atoms with Crippen molar-refractivity contribution in [2.45, 2.75) is 38.9 Å². The molecule has 4 nitrogen and oxygen atoms in total. The van der Waals surface area contributed by atoms with Crippen LogP contribution in [0.1, 0.15) is 27.2 Å². The molecule has 1 aliphatic heterocycles. The van der Waals surface area contributed by atoms with Gasteiger partial charge in [0.1, 0.15) is 11.7 Å². The molecule has 6 heteroatoms. The Morgan fingerprint density at radius 3 is 2.48 bits per heavy atom. The lowest BCUT2D eigenvalue weighted by molar-refractivity contribution is 0.0274. The molecule has 0 unspecified atom stereocenters. The maximum absolute atomic E-state index is 13.5. The lowest BCUT2D eigenvalue weighted by Gasteiger charge is -2.24. The van der Waals surface area contributed by atoms with Crippen molar-refractivity contribution < 1.29 is 23.0 Å². The fraction of sp³-hybridized carbons (Fsp3) is 0.533. The van der Waals surface area contributed by atoms with Crippen molar-refractivity contribution in [3.05, 3.63) is 29.8 Å². The lowest BCUT2D eigenvalue weighted by atomic mass is 10.2. The summed E-state index contributed by atoms with van der Waals surface area (Å²) in [5.41, 5.74) is -0.576. The topological polar surface area (TPSA) is 38.8 Å². The number of halogens is 2. The van der Waals surface area contributed by atoms with Gasteiger partial charge in [0.25, 0.3) is 0 Å². The Morgan fingerprint density at radius 2 is 1.90 bits per heavy atom. The zero-order chi connectivity index (χ0) is 15.6. The summed E-state index contributed by atoms with van der Waals surface area (Å²) in [6.45, 7) is 6.04. The first kappa shape index (κ1) is 15.5. The molecule has 0 aliphatic carbocycles. The summed E-state index contributed by atoms with van der Waals surface area (Å²) in [5, 5.41) is 0. The van der Waals surface area contributed by atoms with Gasteiger partial charge in [0.15, 0.2) is 17.4 Å². The van der Waals surface area contributed by atoms with Crippen LogP contribution in [-0.2, 0) is 4.74 Å². The summed E-state index contributed by atoms with van der Waals surface area (Å²) in [7, 11) is 0. The molecule has 2 rings (SSSR count). The largest absolute Gasteiger partial charge is 0.482 e. The van der Waals surface area contributed by atoms with Gasteiger partial charge in [0, 0.05) is 13.0 Å². The van der Waals surface area contributed by atoms with E-state index in [4.69, 9.17) is 9.47 Å². The minimum Gasteiger partial charge on any atom is -0.482 e. The van der Waals surface area contributed by atoms with E-state index in [9.17, 15) is 13.6 Å². The third-order valence-electron chi connectivity index (χ3n) is 3.00. The van der Waals surface area contributed by atoms with Crippen LogP contribution in [0.15, 0.2) is 18.2 Å². The molecule has 1 aliphatic rings.